The number of carbonyl (C=O) groups is 1. The first-order valence-corrected chi connectivity index (χ1v) is 7.14. The molecular weight excluding hydrogens is 371 g/mol. The van der Waals surface area contributed by atoms with Crippen LogP contribution in [-0.4, -0.2) is 25.4 Å². The molecule has 2 N–H and O–H groups in total. The summed E-state index contributed by atoms with van der Waals surface area (Å²) in [6.07, 6.45) is 0.717. The van der Waals surface area contributed by atoms with Crippen molar-refractivity contribution in [3.63, 3.8) is 0 Å². The predicted molar refractivity (Wildman–Crippen MR) is 75.8 cm³/mol. The fourth-order valence-corrected chi connectivity index (χ4v) is 2.16. The topological polar surface area (TPSA) is 88.5 Å². The molecule has 6 nitrogen and oxygen atoms in total. The minimum Gasteiger partial charge on any atom is -0.444 e. The van der Waals surface area contributed by atoms with Crippen molar-refractivity contribution in [2.24, 2.45) is 0 Å². The van der Waals surface area contributed by atoms with Gasteiger partial charge >= 0.3 is 6.09 Å². The lowest BCUT2D eigenvalue weighted by Crippen LogP contribution is -2.27. The Kier molecular flexibility index (Phi) is 5.05. The number of ether oxygens (including phenoxy) is 1. The minimum atomic E-state index is -2.14. The third kappa shape index (κ3) is 4.86. The molecule has 1 atom stereocenters. The highest BCUT2D eigenvalue weighted by atomic mass is 127. The van der Waals surface area contributed by atoms with Crippen molar-refractivity contribution < 1.29 is 18.3 Å². The average molecular weight is 384 g/mol. The zero-order valence-corrected chi connectivity index (χ0v) is 13.0. The van der Waals surface area contributed by atoms with E-state index >= 15 is 0 Å². The molecule has 1 aromatic rings. The van der Waals surface area contributed by atoms with Crippen LogP contribution in [0.5, 0.6) is 0 Å². The maximum atomic E-state index is 11.5. The van der Waals surface area contributed by atoms with Crippen molar-refractivity contribution in [1.29, 1.82) is 0 Å². The highest BCUT2D eigenvalue weighted by Crippen LogP contribution is 2.20. The lowest BCUT2D eigenvalue weighted by molar-refractivity contribution is 0.0635. The summed E-state index contributed by atoms with van der Waals surface area (Å²) in [6.45, 7) is 5.27. The van der Waals surface area contributed by atoms with Gasteiger partial charge in [-0.25, -0.2) is 14.0 Å². The zero-order valence-electron chi connectivity index (χ0n) is 10.1. The Morgan fingerprint density at radius 2 is 2.17 bits per heavy atom. The zero-order chi connectivity index (χ0) is 13.9. The van der Waals surface area contributed by atoms with E-state index in [4.69, 9.17) is 9.29 Å². The van der Waals surface area contributed by atoms with Crippen molar-refractivity contribution >= 4 is 45.5 Å². The van der Waals surface area contributed by atoms with Gasteiger partial charge in [0.2, 0.25) is 11.1 Å². The first kappa shape index (κ1) is 15.3. The van der Waals surface area contributed by atoms with Gasteiger partial charge in [0.05, 0.1) is 11.9 Å². The Bertz CT molecular complexity index is 487. The predicted octanol–water partition coefficient (Wildman–Crippen LogP) is 2.61. The maximum Gasteiger partial charge on any atom is 0.412 e. The molecule has 0 radical (unpaired) electrons. The maximum absolute atomic E-state index is 11.5. The summed E-state index contributed by atoms with van der Waals surface area (Å²) < 4.78 is 25.4. The lowest BCUT2D eigenvalue weighted by Gasteiger charge is -2.19. The molecule has 1 amide bonds. The number of nitrogens with zero attached hydrogens (tertiary/aromatic N) is 1. The van der Waals surface area contributed by atoms with E-state index in [0.717, 1.165) is 0 Å². The number of hydrogen-bond acceptors (Lipinski definition) is 4. The van der Waals surface area contributed by atoms with Crippen molar-refractivity contribution in [2.45, 2.75) is 31.4 Å². The van der Waals surface area contributed by atoms with E-state index < -0.39 is 22.8 Å². The van der Waals surface area contributed by atoms with E-state index in [-0.39, 0.29) is 5.03 Å². The molecule has 0 bridgehead atoms. The Morgan fingerprint density at radius 1 is 1.56 bits per heavy atom. The van der Waals surface area contributed by atoms with E-state index in [2.05, 4.69) is 10.3 Å². The summed E-state index contributed by atoms with van der Waals surface area (Å²) >= 11 is -0.202. The Balaban J connectivity index is 2.80. The van der Waals surface area contributed by atoms with Gasteiger partial charge < -0.3 is 9.29 Å². The van der Waals surface area contributed by atoms with E-state index in [9.17, 15) is 9.00 Å². The molecule has 0 aromatic carbocycles. The quantitative estimate of drug-likeness (QED) is 0.605. The highest BCUT2D eigenvalue weighted by Gasteiger charge is 2.17. The Labute approximate surface area is 121 Å². The van der Waals surface area contributed by atoms with Crippen LogP contribution in [0, 0.1) is 3.57 Å². The summed E-state index contributed by atoms with van der Waals surface area (Å²) in [4.78, 5) is 15.3. The van der Waals surface area contributed by atoms with Gasteiger partial charge in [0.15, 0.2) is 5.03 Å². The number of anilines is 1. The molecule has 0 aliphatic carbocycles. The Morgan fingerprint density at radius 3 is 2.61 bits per heavy atom. The number of carbonyl (C=O) groups excluding carboxylic acids is 1. The second kappa shape index (κ2) is 5.93. The summed E-state index contributed by atoms with van der Waals surface area (Å²) in [7, 11) is 0. The molecule has 0 fully saturated rings. The van der Waals surface area contributed by atoms with Crippen LogP contribution in [0.2, 0.25) is 0 Å². The summed E-state index contributed by atoms with van der Waals surface area (Å²) in [5, 5.41) is 2.56. The van der Waals surface area contributed by atoms with Gasteiger partial charge in [-0.2, -0.15) is 0 Å². The molecule has 100 valence electrons. The van der Waals surface area contributed by atoms with Gasteiger partial charge in [-0.05, 0) is 49.4 Å². The first-order chi connectivity index (χ1) is 8.19. The van der Waals surface area contributed by atoms with Crippen molar-refractivity contribution in [1.82, 2.24) is 4.98 Å². The van der Waals surface area contributed by atoms with Gasteiger partial charge in [0.1, 0.15) is 5.60 Å². The van der Waals surface area contributed by atoms with Gasteiger partial charge in [0, 0.05) is 3.57 Å². The van der Waals surface area contributed by atoms with Gasteiger partial charge in [-0.1, -0.05) is 0 Å². The van der Waals surface area contributed by atoms with E-state index in [1.165, 1.54) is 12.3 Å². The van der Waals surface area contributed by atoms with Crippen LogP contribution in [0.25, 0.3) is 0 Å². The molecular formula is C10H13IN2O4S. The third-order valence-corrected chi connectivity index (χ3v) is 3.12. The number of rotatable bonds is 2. The van der Waals surface area contributed by atoms with Gasteiger partial charge in [-0.3, -0.25) is 5.32 Å². The molecule has 0 saturated heterocycles. The average Bonchev–Trinajstić information content (AvgIpc) is 2.17. The van der Waals surface area contributed by atoms with Crippen LogP contribution in [0.1, 0.15) is 20.8 Å². The standard InChI is InChI=1S/C10H13IN2O4S/c1-10(2,3)17-9(14)13-7-5-12-8(18(15)16)4-6(7)11/h4-5H,1-3H3,(H,13,14)(H,15,16). The molecule has 0 spiro atoms. The second-order valence-corrected chi connectivity index (χ2v) is 6.46. The molecule has 1 unspecified atom stereocenters. The molecule has 0 aliphatic heterocycles. The number of amides is 1. The molecule has 1 heterocycles. The molecule has 1 rings (SSSR count). The SMILES string of the molecule is CC(C)(C)OC(=O)Nc1cnc(S(=O)O)cc1I. The molecule has 0 aliphatic rings. The number of pyridine rings is 1. The van der Waals surface area contributed by atoms with Gasteiger partial charge in [-0.15, -0.1) is 0 Å². The van der Waals surface area contributed by atoms with Crippen LogP contribution < -0.4 is 5.32 Å². The second-order valence-electron chi connectivity index (χ2n) is 4.38. The number of nitrogens with one attached hydrogen (secondary N) is 1. The van der Waals surface area contributed by atoms with E-state index in [1.807, 2.05) is 22.6 Å². The van der Waals surface area contributed by atoms with E-state index in [1.54, 1.807) is 20.8 Å². The highest BCUT2D eigenvalue weighted by molar-refractivity contribution is 14.1. The first-order valence-electron chi connectivity index (χ1n) is 4.95. The minimum absolute atomic E-state index is 0.0362. The Hall–Kier alpha value is -0.740. The van der Waals surface area contributed by atoms with Crippen molar-refractivity contribution in [3.8, 4) is 0 Å². The lowest BCUT2D eigenvalue weighted by atomic mass is 10.2. The largest absolute Gasteiger partial charge is 0.444 e. The normalized spacial score (nSPS) is 12.9. The van der Waals surface area contributed by atoms with Crippen molar-refractivity contribution in [2.75, 3.05) is 5.32 Å². The molecule has 8 heteroatoms. The smallest absolute Gasteiger partial charge is 0.412 e. The van der Waals surface area contributed by atoms with Crippen LogP contribution in [0.15, 0.2) is 17.3 Å². The van der Waals surface area contributed by atoms with E-state index in [0.29, 0.717) is 9.26 Å². The number of aromatic nitrogens is 1. The summed E-state index contributed by atoms with van der Waals surface area (Å²) in [5.74, 6) is 0. The third-order valence-electron chi connectivity index (χ3n) is 1.64. The van der Waals surface area contributed by atoms with Crippen LogP contribution >= 0.6 is 22.6 Å². The number of hydrogen-bond donors (Lipinski definition) is 2. The van der Waals surface area contributed by atoms with Crippen LogP contribution in [0.3, 0.4) is 0 Å². The fourth-order valence-electron chi connectivity index (χ4n) is 1.01. The summed E-state index contributed by atoms with van der Waals surface area (Å²) in [5.41, 5.74) is -0.158. The van der Waals surface area contributed by atoms with Gasteiger partial charge in [0.25, 0.3) is 0 Å². The monoisotopic (exact) mass is 384 g/mol. The fraction of sp³-hybridized carbons (Fsp3) is 0.400. The van der Waals surface area contributed by atoms with Crippen LogP contribution in [0.4, 0.5) is 10.5 Å². The van der Waals surface area contributed by atoms with Crippen LogP contribution in [-0.2, 0) is 15.8 Å². The molecule has 0 saturated carbocycles. The summed E-state index contributed by atoms with van der Waals surface area (Å²) in [6, 6.07) is 1.42. The molecule has 1 aromatic heterocycles. The number of halogens is 1. The van der Waals surface area contributed by atoms with Crippen molar-refractivity contribution in [3.05, 3.63) is 15.8 Å². The molecule has 18 heavy (non-hydrogen) atoms.